The van der Waals surface area contributed by atoms with E-state index < -0.39 is 11.9 Å². The lowest BCUT2D eigenvalue weighted by atomic mass is 9.99. The molecule has 33 heavy (non-hydrogen) atoms. The van der Waals surface area contributed by atoms with Gasteiger partial charge < -0.3 is 21.1 Å². The maximum atomic E-state index is 14.1. The van der Waals surface area contributed by atoms with Gasteiger partial charge >= 0.3 is 0 Å². The number of aromatic nitrogens is 2. The molecule has 1 amide bonds. The van der Waals surface area contributed by atoms with Gasteiger partial charge in [-0.1, -0.05) is 6.07 Å². The molecule has 2 heterocycles. The fourth-order valence-corrected chi connectivity index (χ4v) is 4.05. The second kappa shape index (κ2) is 8.92. The standard InChI is InChI=1S/C24H25FN6O2/c1-14-18-11-16(25)5-6-17(18)24(32)30(2)13-20-23(15-4-7-19(28)22(10-15)33-14)21(12-27)31(29-20)9-3-8-26/h4-7,10-11,14H,3,8-9,13,26,28H2,1-2H3/t14-/m0/s1. The molecule has 4 rings (SSSR count). The molecule has 0 spiro atoms. The third-order valence-electron chi connectivity index (χ3n) is 5.73. The monoisotopic (exact) mass is 448 g/mol. The van der Waals surface area contributed by atoms with Crippen LogP contribution in [0.5, 0.6) is 5.75 Å². The number of benzene rings is 2. The Morgan fingerprint density at radius 3 is 2.82 bits per heavy atom. The van der Waals surface area contributed by atoms with Crippen LogP contribution in [-0.2, 0) is 13.1 Å². The van der Waals surface area contributed by atoms with Gasteiger partial charge in [0, 0.05) is 30.3 Å². The van der Waals surface area contributed by atoms with E-state index >= 15 is 0 Å². The molecule has 4 N–H and O–H groups in total. The maximum absolute atomic E-state index is 14.1. The molecule has 0 radical (unpaired) electrons. The van der Waals surface area contributed by atoms with Crippen molar-refractivity contribution in [2.24, 2.45) is 5.73 Å². The summed E-state index contributed by atoms with van der Waals surface area (Å²) >= 11 is 0. The molecule has 0 saturated heterocycles. The fraction of sp³-hybridized carbons (Fsp3) is 0.292. The Hall–Kier alpha value is -3.90. The van der Waals surface area contributed by atoms with Crippen LogP contribution in [0.2, 0.25) is 0 Å². The number of carbonyl (C=O) groups is 1. The van der Waals surface area contributed by atoms with Crippen LogP contribution in [-0.4, -0.2) is 34.2 Å². The van der Waals surface area contributed by atoms with Gasteiger partial charge in [0.1, 0.15) is 29.4 Å². The molecule has 1 aliphatic rings. The van der Waals surface area contributed by atoms with Crippen LogP contribution < -0.4 is 16.2 Å². The zero-order valence-corrected chi connectivity index (χ0v) is 18.5. The van der Waals surface area contributed by atoms with Crippen LogP contribution in [0.1, 0.15) is 46.8 Å². The van der Waals surface area contributed by atoms with E-state index in [-0.39, 0.29) is 12.5 Å². The average molecular weight is 449 g/mol. The Labute approximate surface area is 191 Å². The number of ether oxygens (including phenoxy) is 1. The van der Waals surface area contributed by atoms with Gasteiger partial charge in [0.15, 0.2) is 0 Å². The molecule has 1 atom stereocenters. The van der Waals surface area contributed by atoms with Crippen LogP contribution in [0, 0.1) is 17.1 Å². The third-order valence-corrected chi connectivity index (χ3v) is 5.73. The van der Waals surface area contributed by atoms with Crippen molar-refractivity contribution in [2.75, 3.05) is 19.3 Å². The summed E-state index contributed by atoms with van der Waals surface area (Å²) in [6, 6.07) is 11.5. The first-order valence-electron chi connectivity index (χ1n) is 10.6. The minimum atomic E-state index is -0.646. The van der Waals surface area contributed by atoms with Crippen molar-refractivity contribution in [3.05, 3.63) is 64.7 Å². The highest BCUT2D eigenvalue weighted by atomic mass is 19.1. The molecule has 9 heteroatoms. The molecule has 0 saturated carbocycles. The number of nitrogens with zero attached hydrogens (tertiary/aromatic N) is 4. The Morgan fingerprint density at radius 1 is 1.30 bits per heavy atom. The minimum absolute atomic E-state index is 0.157. The quantitative estimate of drug-likeness (QED) is 0.593. The van der Waals surface area contributed by atoms with Crippen molar-refractivity contribution >= 4 is 11.6 Å². The first-order valence-corrected chi connectivity index (χ1v) is 10.6. The number of amides is 1. The first-order chi connectivity index (χ1) is 15.8. The van der Waals surface area contributed by atoms with E-state index in [4.69, 9.17) is 16.2 Å². The van der Waals surface area contributed by atoms with Gasteiger partial charge in [-0.15, -0.1) is 0 Å². The molecular formula is C24H25FN6O2. The summed E-state index contributed by atoms with van der Waals surface area (Å²) in [6.07, 6.45) is 0.00327. The van der Waals surface area contributed by atoms with Gasteiger partial charge in [0.05, 0.1) is 17.9 Å². The van der Waals surface area contributed by atoms with E-state index in [1.54, 1.807) is 36.9 Å². The average Bonchev–Trinajstić information content (AvgIpc) is 3.14. The second-order valence-corrected chi connectivity index (χ2v) is 8.05. The molecule has 2 bridgehead atoms. The van der Waals surface area contributed by atoms with E-state index in [0.717, 1.165) is 0 Å². The number of rotatable bonds is 3. The van der Waals surface area contributed by atoms with Crippen molar-refractivity contribution < 1.29 is 13.9 Å². The Morgan fingerprint density at radius 2 is 2.09 bits per heavy atom. The van der Waals surface area contributed by atoms with Crippen molar-refractivity contribution in [1.82, 2.24) is 14.7 Å². The fourth-order valence-electron chi connectivity index (χ4n) is 4.05. The van der Waals surface area contributed by atoms with Gasteiger partial charge in [0.25, 0.3) is 5.91 Å². The largest absolute Gasteiger partial charge is 0.484 e. The summed E-state index contributed by atoms with van der Waals surface area (Å²) in [7, 11) is 1.65. The lowest BCUT2D eigenvalue weighted by Crippen LogP contribution is -2.28. The topological polar surface area (TPSA) is 123 Å². The lowest BCUT2D eigenvalue weighted by molar-refractivity contribution is 0.0778. The number of halogens is 1. The number of nitriles is 1. The molecule has 1 aliphatic heterocycles. The Balaban J connectivity index is 1.95. The molecule has 170 valence electrons. The SMILES string of the molecule is C[C@@H]1Oc2cc(ccc2N)-c2c(nn(CCCN)c2C#N)CN(C)C(=O)c2ccc(F)cc21. The van der Waals surface area contributed by atoms with Crippen LogP contribution in [0.4, 0.5) is 10.1 Å². The van der Waals surface area contributed by atoms with E-state index in [9.17, 15) is 14.4 Å². The Kier molecular flexibility index (Phi) is 6.03. The number of aryl methyl sites for hydroxylation is 1. The Bertz CT molecular complexity index is 1260. The molecule has 0 aliphatic carbocycles. The van der Waals surface area contributed by atoms with Crippen molar-refractivity contribution in [3.63, 3.8) is 0 Å². The molecular weight excluding hydrogens is 423 g/mol. The molecule has 2 aromatic carbocycles. The lowest BCUT2D eigenvalue weighted by Gasteiger charge is -2.24. The van der Waals surface area contributed by atoms with Crippen molar-refractivity contribution in [3.8, 4) is 22.9 Å². The van der Waals surface area contributed by atoms with E-state index in [2.05, 4.69) is 11.2 Å². The number of nitrogen functional groups attached to an aromatic ring is 1. The second-order valence-electron chi connectivity index (χ2n) is 8.05. The molecule has 0 fully saturated rings. The van der Waals surface area contributed by atoms with E-state index in [0.29, 0.717) is 64.6 Å². The van der Waals surface area contributed by atoms with E-state index in [1.165, 1.54) is 23.1 Å². The molecule has 0 unspecified atom stereocenters. The van der Waals surface area contributed by atoms with Crippen molar-refractivity contribution in [1.29, 1.82) is 5.26 Å². The summed E-state index contributed by atoms with van der Waals surface area (Å²) in [4.78, 5) is 14.8. The van der Waals surface area contributed by atoms with Crippen LogP contribution in [0.15, 0.2) is 36.4 Å². The maximum Gasteiger partial charge on any atom is 0.254 e. The van der Waals surface area contributed by atoms with Gasteiger partial charge in [-0.05, 0) is 55.8 Å². The molecule has 3 aromatic rings. The van der Waals surface area contributed by atoms with Crippen molar-refractivity contribution in [2.45, 2.75) is 32.5 Å². The number of nitrogens with two attached hydrogens (primary N) is 2. The summed E-state index contributed by atoms with van der Waals surface area (Å²) in [5.74, 6) is -0.396. The minimum Gasteiger partial charge on any atom is -0.484 e. The number of hydrogen-bond acceptors (Lipinski definition) is 6. The number of hydrogen-bond donors (Lipinski definition) is 2. The summed E-state index contributed by atoms with van der Waals surface area (Å²) in [5.41, 5.74) is 15.2. The van der Waals surface area contributed by atoms with Gasteiger partial charge in [-0.25, -0.2) is 4.39 Å². The highest BCUT2D eigenvalue weighted by Crippen LogP contribution is 2.37. The zero-order chi connectivity index (χ0) is 23.7. The smallest absolute Gasteiger partial charge is 0.254 e. The van der Waals surface area contributed by atoms with Crippen LogP contribution in [0.3, 0.4) is 0 Å². The highest BCUT2D eigenvalue weighted by Gasteiger charge is 2.27. The van der Waals surface area contributed by atoms with Gasteiger partial charge in [-0.2, -0.15) is 10.4 Å². The van der Waals surface area contributed by atoms with Crippen LogP contribution >= 0.6 is 0 Å². The summed E-state index contributed by atoms with van der Waals surface area (Å²) in [5, 5.41) is 14.6. The zero-order valence-electron chi connectivity index (χ0n) is 18.5. The van der Waals surface area contributed by atoms with Crippen LogP contribution in [0.25, 0.3) is 11.1 Å². The van der Waals surface area contributed by atoms with Gasteiger partial charge in [-0.3, -0.25) is 9.48 Å². The molecule has 8 nitrogen and oxygen atoms in total. The molecule has 1 aromatic heterocycles. The highest BCUT2D eigenvalue weighted by molar-refractivity contribution is 5.96. The predicted octanol–water partition coefficient (Wildman–Crippen LogP) is 3.22. The van der Waals surface area contributed by atoms with E-state index in [1.807, 2.05) is 0 Å². The third kappa shape index (κ3) is 4.13. The summed E-state index contributed by atoms with van der Waals surface area (Å²) < 4.78 is 21.8. The predicted molar refractivity (Wildman–Crippen MR) is 122 cm³/mol. The normalized spacial score (nSPS) is 15.5. The number of carbonyl (C=O) groups excluding carboxylic acids is 1. The van der Waals surface area contributed by atoms with Gasteiger partial charge in [0.2, 0.25) is 0 Å². The number of anilines is 1. The summed E-state index contributed by atoms with van der Waals surface area (Å²) in [6.45, 7) is 2.82. The number of fused-ring (bicyclic) bond motifs is 5. The first kappa shape index (κ1) is 22.3.